The molecule has 2 aromatic carbocycles. The molecule has 5 heteroatoms. The highest BCUT2D eigenvalue weighted by Gasteiger charge is 2.36. The molecule has 0 aliphatic carbocycles. The molecular formula is C25H26N2O3. The predicted octanol–water partition coefficient (Wildman–Crippen LogP) is 4.50. The Kier molecular flexibility index (Phi) is 5.98. The molecule has 1 aliphatic rings. The van der Waals surface area contributed by atoms with Crippen LogP contribution in [-0.4, -0.2) is 23.3 Å². The third-order valence-corrected chi connectivity index (χ3v) is 5.68. The van der Waals surface area contributed by atoms with Crippen molar-refractivity contribution in [2.24, 2.45) is 5.92 Å². The largest absolute Gasteiger partial charge is 0.467 e. The number of furan rings is 1. The number of hydrogen-bond donors (Lipinski definition) is 1. The van der Waals surface area contributed by atoms with E-state index in [-0.39, 0.29) is 23.8 Å². The summed E-state index contributed by atoms with van der Waals surface area (Å²) in [6.45, 7) is 2.81. The van der Waals surface area contributed by atoms with E-state index in [1.165, 1.54) is 0 Å². The molecule has 30 heavy (non-hydrogen) atoms. The highest BCUT2D eigenvalue weighted by atomic mass is 16.3. The van der Waals surface area contributed by atoms with Gasteiger partial charge in [-0.05, 0) is 49.6 Å². The van der Waals surface area contributed by atoms with Gasteiger partial charge in [0.15, 0.2) is 0 Å². The third-order valence-electron chi connectivity index (χ3n) is 5.68. The number of carbonyl (C=O) groups is 2. The number of likely N-dealkylation sites (tertiary alicyclic amines) is 1. The number of nitrogens with zero attached hydrogens (tertiary/aromatic N) is 1. The van der Waals surface area contributed by atoms with E-state index in [0.29, 0.717) is 24.4 Å². The number of carbonyl (C=O) groups excluding carboxylic acids is 2. The van der Waals surface area contributed by atoms with Crippen LogP contribution in [0, 0.1) is 12.8 Å². The van der Waals surface area contributed by atoms with Crippen molar-refractivity contribution in [3.63, 3.8) is 0 Å². The first-order valence-corrected chi connectivity index (χ1v) is 10.3. The number of nitrogens with one attached hydrogen (secondary N) is 1. The summed E-state index contributed by atoms with van der Waals surface area (Å²) in [5, 5.41) is 2.95. The number of rotatable bonds is 5. The SMILES string of the molecule is Cc1cccc(C2CCC(C(=O)NCc3ccco3)CN2C(=O)c2ccccc2)c1. The van der Waals surface area contributed by atoms with Crippen molar-refractivity contribution in [3.8, 4) is 0 Å². The second kappa shape index (κ2) is 8.99. The van der Waals surface area contributed by atoms with Gasteiger partial charge in [0.05, 0.1) is 24.8 Å². The van der Waals surface area contributed by atoms with Crippen molar-refractivity contribution < 1.29 is 14.0 Å². The minimum absolute atomic E-state index is 0.0354. The Bertz CT molecular complexity index is 998. The predicted molar refractivity (Wildman–Crippen MR) is 115 cm³/mol. The Hall–Kier alpha value is -3.34. The van der Waals surface area contributed by atoms with Gasteiger partial charge in [0, 0.05) is 12.1 Å². The summed E-state index contributed by atoms with van der Waals surface area (Å²) in [6, 6.07) is 21.2. The van der Waals surface area contributed by atoms with Gasteiger partial charge in [0.2, 0.25) is 5.91 Å². The summed E-state index contributed by atoms with van der Waals surface area (Å²) >= 11 is 0. The third kappa shape index (κ3) is 4.46. The van der Waals surface area contributed by atoms with Crippen LogP contribution in [0.4, 0.5) is 0 Å². The van der Waals surface area contributed by atoms with Crippen LogP contribution in [0.1, 0.15) is 46.1 Å². The van der Waals surface area contributed by atoms with Crippen molar-refractivity contribution in [1.29, 1.82) is 0 Å². The number of amides is 2. The normalized spacial score (nSPS) is 18.8. The lowest BCUT2D eigenvalue weighted by molar-refractivity contribution is -0.127. The molecular weight excluding hydrogens is 376 g/mol. The van der Waals surface area contributed by atoms with E-state index in [1.54, 1.807) is 12.3 Å². The van der Waals surface area contributed by atoms with Crippen molar-refractivity contribution in [3.05, 3.63) is 95.4 Å². The van der Waals surface area contributed by atoms with Crippen molar-refractivity contribution in [2.75, 3.05) is 6.54 Å². The maximum atomic E-state index is 13.4. The zero-order chi connectivity index (χ0) is 20.9. The molecule has 4 rings (SSSR count). The monoisotopic (exact) mass is 402 g/mol. The van der Waals surface area contributed by atoms with Crippen LogP contribution < -0.4 is 5.32 Å². The number of piperidine rings is 1. The minimum atomic E-state index is -0.242. The Labute approximate surface area is 176 Å². The van der Waals surface area contributed by atoms with Crippen LogP contribution in [0.15, 0.2) is 77.4 Å². The Balaban J connectivity index is 1.54. The van der Waals surface area contributed by atoms with Gasteiger partial charge in [-0.2, -0.15) is 0 Å². The molecule has 0 radical (unpaired) electrons. The second-order valence-corrected chi connectivity index (χ2v) is 7.82. The van der Waals surface area contributed by atoms with E-state index in [4.69, 9.17) is 4.42 Å². The van der Waals surface area contributed by atoms with Crippen LogP contribution in [-0.2, 0) is 11.3 Å². The van der Waals surface area contributed by atoms with E-state index in [2.05, 4.69) is 30.4 Å². The van der Waals surface area contributed by atoms with Gasteiger partial charge in [-0.15, -0.1) is 0 Å². The van der Waals surface area contributed by atoms with E-state index in [1.807, 2.05) is 47.4 Å². The molecule has 5 nitrogen and oxygen atoms in total. The highest BCUT2D eigenvalue weighted by molar-refractivity contribution is 5.95. The summed E-state index contributed by atoms with van der Waals surface area (Å²) in [6.07, 6.45) is 3.08. The molecule has 0 bridgehead atoms. The summed E-state index contributed by atoms with van der Waals surface area (Å²) < 4.78 is 5.30. The molecule has 1 fully saturated rings. The lowest BCUT2D eigenvalue weighted by Gasteiger charge is -2.39. The van der Waals surface area contributed by atoms with Gasteiger partial charge in [-0.1, -0.05) is 48.0 Å². The Morgan fingerprint density at radius 2 is 1.87 bits per heavy atom. The zero-order valence-corrected chi connectivity index (χ0v) is 17.1. The van der Waals surface area contributed by atoms with Gasteiger partial charge in [0.1, 0.15) is 5.76 Å². The summed E-state index contributed by atoms with van der Waals surface area (Å²) in [5.41, 5.74) is 2.93. The van der Waals surface area contributed by atoms with Gasteiger partial charge >= 0.3 is 0 Å². The number of benzene rings is 2. The van der Waals surface area contributed by atoms with Gasteiger partial charge in [-0.3, -0.25) is 9.59 Å². The molecule has 154 valence electrons. The van der Waals surface area contributed by atoms with Crippen LogP contribution in [0.5, 0.6) is 0 Å². The van der Waals surface area contributed by atoms with Crippen LogP contribution >= 0.6 is 0 Å². The molecule has 2 atom stereocenters. The standard InChI is InChI=1S/C25H26N2O3/c1-18-7-5-10-20(15-18)23-13-12-21(24(28)26-16-22-11-6-14-30-22)17-27(23)25(29)19-8-3-2-4-9-19/h2-11,14-15,21,23H,12-13,16-17H2,1H3,(H,26,28). The van der Waals surface area contributed by atoms with E-state index < -0.39 is 0 Å². The topological polar surface area (TPSA) is 62.6 Å². The van der Waals surface area contributed by atoms with E-state index >= 15 is 0 Å². The van der Waals surface area contributed by atoms with Crippen LogP contribution in [0.2, 0.25) is 0 Å². The van der Waals surface area contributed by atoms with Crippen LogP contribution in [0.25, 0.3) is 0 Å². The summed E-state index contributed by atoms with van der Waals surface area (Å²) in [7, 11) is 0. The second-order valence-electron chi connectivity index (χ2n) is 7.82. The molecule has 2 heterocycles. The molecule has 0 saturated carbocycles. The summed E-state index contributed by atoms with van der Waals surface area (Å²) in [5.74, 6) is 0.397. The van der Waals surface area contributed by atoms with E-state index in [9.17, 15) is 9.59 Å². The van der Waals surface area contributed by atoms with E-state index in [0.717, 1.165) is 24.0 Å². The minimum Gasteiger partial charge on any atom is -0.467 e. The summed E-state index contributed by atoms with van der Waals surface area (Å²) in [4.78, 5) is 28.0. The first-order valence-electron chi connectivity index (χ1n) is 10.3. The van der Waals surface area contributed by atoms with Crippen molar-refractivity contribution in [2.45, 2.75) is 32.4 Å². The average Bonchev–Trinajstić information content (AvgIpc) is 3.31. The lowest BCUT2D eigenvalue weighted by atomic mass is 9.87. The zero-order valence-electron chi connectivity index (χ0n) is 17.1. The maximum Gasteiger partial charge on any atom is 0.254 e. The number of aryl methyl sites for hydroxylation is 1. The molecule has 2 amide bonds. The van der Waals surface area contributed by atoms with Gasteiger partial charge in [-0.25, -0.2) is 0 Å². The maximum absolute atomic E-state index is 13.4. The smallest absolute Gasteiger partial charge is 0.254 e. The molecule has 1 saturated heterocycles. The molecule has 1 N–H and O–H groups in total. The Morgan fingerprint density at radius 3 is 2.60 bits per heavy atom. The Morgan fingerprint density at radius 1 is 1.03 bits per heavy atom. The quantitative estimate of drug-likeness (QED) is 0.684. The first-order chi connectivity index (χ1) is 14.6. The first kappa shape index (κ1) is 20.0. The molecule has 1 aromatic heterocycles. The lowest BCUT2D eigenvalue weighted by Crippen LogP contribution is -2.46. The van der Waals surface area contributed by atoms with Gasteiger partial charge in [0.25, 0.3) is 5.91 Å². The number of hydrogen-bond acceptors (Lipinski definition) is 3. The fourth-order valence-corrected chi connectivity index (χ4v) is 4.11. The molecule has 0 spiro atoms. The van der Waals surface area contributed by atoms with Gasteiger partial charge < -0.3 is 14.6 Å². The molecule has 2 unspecified atom stereocenters. The van der Waals surface area contributed by atoms with Crippen molar-refractivity contribution >= 4 is 11.8 Å². The fourth-order valence-electron chi connectivity index (χ4n) is 4.11. The molecule has 3 aromatic rings. The molecule has 1 aliphatic heterocycles. The fraction of sp³-hybridized carbons (Fsp3) is 0.280. The van der Waals surface area contributed by atoms with Crippen molar-refractivity contribution in [1.82, 2.24) is 10.2 Å². The van der Waals surface area contributed by atoms with Crippen LogP contribution in [0.3, 0.4) is 0 Å². The average molecular weight is 402 g/mol. The highest BCUT2D eigenvalue weighted by Crippen LogP contribution is 2.35.